The van der Waals surface area contributed by atoms with Crippen LogP contribution in [0.15, 0.2) is 0 Å². The molecule has 2 N–H and O–H groups in total. The van der Waals surface area contributed by atoms with Crippen molar-refractivity contribution in [1.82, 2.24) is 14.0 Å². The summed E-state index contributed by atoms with van der Waals surface area (Å²) in [6.07, 6.45) is 0. The lowest BCUT2D eigenvalue weighted by atomic mass is 11.2. The van der Waals surface area contributed by atoms with Gasteiger partial charge in [-0.15, -0.1) is 0 Å². The van der Waals surface area contributed by atoms with Crippen molar-refractivity contribution in [3.63, 3.8) is 0 Å². The molecule has 0 aliphatic rings. The molecule has 0 unspecified atom stereocenters. The average Bonchev–Trinajstić information content (AvgIpc) is 1.98. The van der Waals surface area contributed by atoms with Gasteiger partial charge in [-0.25, -0.2) is 0 Å². The summed E-state index contributed by atoms with van der Waals surface area (Å²) in [7, 11) is 6.94. The maximum atomic E-state index is 8.74. The van der Waals surface area contributed by atoms with Gasteiger partial charge in [0.15, 0.2) is 0 Å². The van der Waals surface area contributed by atoms with Crippen LogP contribution < -0.4 is 0 Å². The zero-order valence-electron chi connectivity index (χ0n) is 10.9. The molecule has 0 rings (SSSR count). The van der Waals surface area contributed by atoms with Crippen molar-refractivity contribution in [1.29, 1.82) is 0 Å². The predicted molar refractivity (Wildman–Crippen MR) is 68.1 cm³/mol. The van der Waals surface area contributed by atoms with Crippen molar-refractivity contribution < 1.29 is 17.5 Å². The van der Waals surface area contributed by atoms with Crippen LogP contribution >= 0.6 is 7.71 Å². The Hall–Kier alpha value is 0.180. The second kappa shape index (κ2) is 6.80. The Morgan fingerprint density at radius 2 is 0.938 bits per heavy atom. The first-order valence-corrected chi connectivity index (χ1v) is 7.92. The van der Waals surface area contributed by atoms with Crippen LogP contribution in [-0.4, -0.2) is 80.5 Å². The van der Waals surface area contributed by atoms with Crippen LogP contribution in [-0.2, 0) is 10.4 Å². The Morgan fingerprint density at radius 1 is 0.812 bits per heavy atom. The van der Waals surface area contributed by atoms with Crippen molar-refractivity contribution in [3.8, 4) is 0 Å². The summed E-state index contributed by atoms with van der Waals surface area (Å²) in [6, 6.07) is 0. The summed E-state index contributed by atoms with van der Waals surface area (Å²) in [4.78, 5) is 0. The fourth-order valence-electron chi connectivity index (χ4n) is 1.07. The Kier molecular flexibility index (Phi) is 7.89. The maximum absolute atomic E-state index is 8.74. The zero-order valence-corrected chi connectivity index (χ0v) is 12.6. The molecular formula is C7H23N3O4PS+. The zero-order chi connectivity index (χ0) is 13.7. The largest absolute Gasteiger partial charge is 0.394 e. The standard InChI is InChI=1S/C7H21N3P.H2O4S/c1-8(2)11(7,9(3)4)10(5)6;1-5(2,3)4/h1-7H3;(H2,1,2,3,4)/q+1;. The molecule has 0 spiro atoms. The summed E-state index contributed by atoms with van der Waals surface area (Å²) in [5, 5.41) is 0. The Morgan fingerprint density at radius 3 is 0.938 bits per heavy atom. The van der Waals surface area contributed by atoms with Crippen LogP contribution in [0.25, 0.3) is 0 Å². The Bertz CT molecular complexity index is 262. The van der Waals surface area contributed by atoms with E-state index in [2.05, 4.69) is 63.0 Å². The van der Waals surface area contributed by atoms with Gasteiger partial charge in [0.1, 0.15) is 0 Å². The van der Waals surface area contributed by atoms with E-state index in [0.29, 0.717) is 0 Å². The molecule has 0 aliphatic carbocycles. The van der Waals surface area contributed by atoms with Gasteiger partial charge in [-0.2, -0.15) is 22.4 Å². The lowest BCUT2D eigenvalue weighted by Crippen LogP contribution is -2.35. The van der Waals surface area contributed by atoms with Gasteiger partial charge >= 0.3 is 10.4 Å². The van der Waals surface area contributed by atoms with E-state index in [1.807, 2.05) is 0 Å². The molecule has 0 aromatic rings. The highest BCUT2D eigenvalue weighted by molar-refractivity contribution is 7.79. The van der Waals surface area contributed by atoms with E-state index < -0.39 is 18.1 Å². The Balaban J connectivity index is 0. The molecule has 0 atom stereocenters. The van der Waals surface area contributed by atoms with E-state index in [-0.39, 0.29) is 0 Å². The van der Waals surface area contributed by atoms with Crippen LogP contribution in [0.4, 0.5) is 0 Å². The molecule has 0 amide bonds. The highest BCUT2D eigenvalue weighted by Gasteiger charge is 2.41. The van der Waals surface area contributed by atoms with Gasteiger partial charge in [0, 0.05) is 42.3 Å². The number of rotatable bonds is 3. The summed E-state index contributed by atoms with van der Waals surface area (Å²) >= 11 is 0. The van der Waals surface area contributed by atoms with E-state index >= 15 is 0 Å². The second-order valence-electron chi connectivity index (χ2n) is 3.86. The molecule has 7 nitrogen and oxygen atoms in total. The fourth-order valence-corrected chi connectivity index (χ4v) is 3.22. The van der Waals surface area contributed by atoms with Crippen molar-refractivity contribution in [3.05, 3.63) is 0 Å². The van der Waals surface area contributed by atoms with Crippen molar-refractivity contribution >= 4 is 18.1 Å². The third-order valence-corrected chi connectivity index (χ3v) is 6.82. The summed E-state index contributed by atoms with van der Waals surface area (Å²) < 4.78 is 38.5. The molecule has 0 aromatic carbocycles. The van der Waals surface area contributed by atoms with Gasteiger partial charge in [-0.1, -0.05) is 0 Å². The number of hydrogen-bond acceptors (Lipinski definition) is 5. The first kappa shape index (κ1) is 18.5. The van der Waals surface area contributed by atoms with Crippen LogP contribution in [0.1, 0.15) is 0 Å². The van der Waals surface area contributed by atoms with Crippen molar-refractivity contribution in [2.24, 2.45) is 0 Å². The van der Waals surface area contributed by atoms with Crippen LogP contribution in [0.3, 0.4) is 0 Å². The molecule has 0 heterocycles. The van der Waals surface area contributed by atoms with E-state index in [4.69, 9.17) is 17.5 Å². The van der Waals surface area contributed by atoms with Crippen molar-refractivity contribution in [2.45, 2.75) is 0 Å². The van der Waals surface area contributed by atoms with Crippen molar-refractivity contribution in [2.75, 3.05) is 49.0 Å². The molecule has 0 aliphatic heterocycles. The van der Waals surface area contributed by atoms with Gasteiger partial charge in [0.25, 0.3) is 0 Å². The lowest BCUT2D eigenvalue weighted by Gasteiger charge is -2.36. The number of hydrogen-bond donors (Lipinski definition) is 2. The summed E-state index contributed by atoms with van der Waals surface area (Å²) in [6.45, 7) is 2.30. The Labute approximate surface area is 99.1 Å². The monoisotopic (exact) mass is 276 g/mol. The van der Waals surface area contributed by atoms with Crippen LogP contribution in [0, 0.1) is 0 Å². The predicted octanol–water partition coefficient (Wildman–Crippen LogP) is 0.411. The molecule has 0 saturated heterocycles. The van der Waals surface area contributed by atoms with Crippen LogP contribution in [0.5, 0.6) is 0 Å². The molecule has 0 saturated carbocycles. The van der Waals surface area contributed by atoms with E-state index in [1.54, 1.807) is 0 Å². The van der Waals surface area contributed by atoms with Crippen LogP contribution in [0.2, 0.25) is 0 Å². The maximum Gasteiger partial charge on any atom is 0.394 e. The minimum Gasteiger partial charge on any atom is -0.264 e. The minimum atomic E-state index is -4.67. The molecule has 0 radical (unpaired) electrons. The first-order chi connectivity index (χ1) is 6.83. The topological polar surface area (TPSA) is 84.3 Å². The normalized spacial score (nSPS) is 13.0. The molecule has 9 heteroatoms. The van der Waals surface area contributed by atoms with E-state index in [1.165, 1.54) is 0 Å². The fraction of sp³-hybridized carbons (Fsp3) is 1.00. The molecule has 0 bridgehead atoms. The number of nitrogens with zero attached hydrogens (tertiary/aromatic N) is 3. The summed E-state index contributed by atoms with van der Waals surface area (Å²) in [5.41, 5.74) is 0. The minimum absolute atomic E-state index is 1.19. The molecule has 0 aromatic heterocycles. The third-order valence-electron chi connectivity index (χ3n) is 2.27. The highest BCUT2D eigenvalue weighted by atomic mass is 32.3. The van der Waals surface area contributed by atoms with Gasteiger partial charge in [0.05, 0.1) is 6.66 Å². The van der Waals surface area contributed by atoms with Gasteiger partial charge in [0.2, 0.25) is 7.71 Å². The molecule has 16 heavy (non-hydrogen) atoms. The molecule has 100 valence electrons. The van der Waals surface area contributed by atoms with E-state index in [9.17, 15) is 0 Å². The lowest BCUT2D eigenvalue weighted by molar-refractivity contribution is 0.381. The van der Waals surface area contributed by atoms with Gasteiger partial charge in [-0.05, 0) is 0 Å². The van der Waals surface area contributed by atoms with Gasteiger partial charge in [-0.3, -0.25) is 9.11 Å². The van der Waals surface area contributed by atoms with E-state index in [0.717, 1.165) is 0 Å². The quantitative estimate of drug-likeness (QED) is 0.570. The highest BCUT2D eigenvalue weighted by Crippen LogP contribution is 2.59. The SMILES string of the molecule is CN(C)[P+](C)(N(C)C)N(C)C.O=S(=O)(O)O. The van der Waals surface area contributed by atoms with Gasteiger partial charge < -0.3 is 0 Å². The molecule has 0 fully saturated rings. The third kappa shape index (κ3) is 7.45. The molecular weight excluding hydrogens is 253 g/mol. The first-order valence-electron chi connectivity index (χ1n) is 4.43. The second-order valence-corrected chi connectivity index (χ2v) is 8.89. The average molecular weight is 276 g/mol. The smallest absolute Gasteiger partial charge is 0.264 e. The summed E-state index contributed by atoms with van der Waals surface area (Å²) in [5.74, 6) is 0.